The molecule has 3 N–H and O–H groups in total. The summed E-state index contributed by atoms with van der Waals surface area (Å²) in [5.41, 5.74) is 2.84. The summed E-state index contributed by atoms with van der Waals surface area (Å²) in [7, 11) is 0. The van der Waals surface area contributed by atoms with E-state index in [9.17, 15) is 14.4 Å². The van der Waals surface area contributed by atoms with Gasteiger partial charge in [-0.15, -0.1) is 0 Å². The van der Waals surface area contributed by atoms with Crippen molar-refractivity contribution in [2.24, 2.45) is 5.92 Å². The number of piperidine rings is 1. The van der Waals surface area contributed by atoms with E-state index >= 15 is 0 Å². The Kier molecular flexibility index (Phi) is 4.44. The minimum Gasteiger partial charge on any atom is -0.322 e. The van der Waals surface area contributed by atoms with Gasteiger partial charge in [-0.05, 0) is 55.3 Å². The van der Waals surface area contributed by atoms with Crippen LogP contribution in [0.25, 0.3) is 0 Å². The van der Waals surface area contributed by atoms with Crippen molar-refractivity contribution in [1.82, 2.24) is 20.9 Å². The van der Waals surface area contributed by atoms with Crippen LogP contribution in [-0.4, -0.2) is 47.3 Å². The van der Waals surface area contributed by atoms with Gasteiger partial charge in [-0.1, -0.05) is 12.1 Å². The van der Waals surface area contributed by atoms with Gasteiger partial charge in [-0.25, -0.2) is 0 Å². The number of carbonyl (C=O) groups is 3. The number of carbonyl (C=O) groups excluding carboxylic acids is 3. The molecule has 2 bridgehead atoms. The first-order chi connectivity index (χ1) is 13.6. The third-order valence-corrected chi connectivity index (χ3v) is 6.88. The number of fused-ring (bicyclic) bond motifs is 3. The number of nitrogens with one attached hydrogen (secondary N) is 3. The fraction of sp³-hybridized carbons (Fsp3) is 0.571. The molecule has 28 heavy (non-hydrogen) atoms. The van der Waals surface area contributed by atoms with Gasteiger partial charge in [0.05, 0.1) is 0 Å². The SMILES string of the molecule is O=C1CCC(N2Cc3c(CNC4CCC5CC4CN5)cccc3C2=O)C(=O)N1. The summed E-state index contributed by atoms with van der Waals surface area (Å²) in [5, 5.41) is 9.68. The molecule has 0 aromatic heterocycles. The Hall–Kier alpha value is -2.25. The summed E-state index contributed by atoms with van der Waals surface area (Å²) in [4.78, 5) is 38.2. The van der Waals surface area contributed by atoms with Crippen LogP contribution < -0.4 is 16.0 Å². The zero-order valence-electron chi connectivity index (χ0n) is 15.9. The number of imide groups is 1. The van der Waals surface area contributed by atoms with E-state index in [4.69, 9.17) is 0 Å². The Morgan fingerprint density at radius 3 is 2.89 bits per heavy atom. The number of rotatable bonds is 4. The Labute approximate surface area is 164 Å². The molecule has 0 spiro atoms. The van der Waals surface area contributed by atoms with Gasteiger partial charge in [-0.2, -0.15) is 0 Å². The van der Waals surface area contributed by atoms with E-state index in [1.807, 2.05) is 12.1 Å². The zero-order chi connectivity index (χ0) is 19.3. The standard InChI is InChI=1S/C21H26N4O3/c26-19-7-6-18(20(27)24-19)25-11-16-12(2-1-3-15(16)21(25)28)9-23-17-5-4-14-8-13(17)10-22-14/h1-3,13-14,17-18,22-23H,4-11H2,(H,24,26,27). The van der Waals surface area contributed by atoms with Gasteiger partial charge in [0.25, 0.3) is 5.91 Å². The first kappa shape index (κ1) is 17.8. The van der Waals surface area contributed by atoms with Crippen LogP contribution in [0.1, 0.15) is 53.6 Å². The van der Waals surface area contributed by atoms with Crippen LogP contribution in [0.5, 0.6) is 0 Å². The Bertz CT molecular complexity index is 839. The lowest BCUT2D eigenvalue weighted by molar-refractivity contribution is -0.136. The van der Waals surface area contributed by atoms with Crippen molar-refractivity contribution in [1.29, 1.82) is 0 Å². The van der Waals surface area contributed by atoms with Crippen LogP contribution in [0.15, 0.2) is 18.2 Å². The van der Waals surface area contributed by atoms with Gasteiger partial charge < -0.3 is 15.5 Å². The molecular formula is C21H26N4O3. The molecule has 1 aromatic rings. The van der Waals surface area contributed by atoms with Crippen molar-refractivity contribution in [3.05, 3.63) is 34.9 Å². The molecule has 3 fully saturated rings. The molecule has 7 heteroatoms. The Morgan fingerprint density at radius 2 is 2.04 bits per heavy atom. The molecule has 4 atom stereocenters. The summed E-state index contributed by atoms with van der Waals surface area (Å²) >= 11 is 0. The van der Waals surface area contributed by atoms with Gasteiger partial charge in [0.1, 0.15) is 6.04 Å². The van der Waals surface area contributed by atoms with Crippen LogP contribution >= 0.6 is 0 Å². The maximum atomic E-state index is 12.9. The molecule has 4 unspecified atom stereocenters. The number of hydrogen-bond donors (Lipinski definition) is 3. The zero-order valence-corrected chi connectivity index (χ0v) is 15.9. The van der Waals surface area contributed by atoms with Gasteiger partial charge in [0, 0.05) is 37.2 Å². The normalized spacial score (nSPS) is 31.9. The predicted octanol–water partition coefficient (Wildman–Crippen LogP) is 0.678. The first-order valence-corrected chi connectivity index (χ1v) is 10.3. The molecule has 148 valence electrons. The van der Waals surface area contributed by atoms with Crippen molar-refractivity contribution in [3.8, 4) is 0 Å². The summed E-state index contributed by atoms with van der Waals surface area (Å²) < 4.78 is 0. The molecule has 3 amide bonds. The third-order valence-electron chi connectivity index (χ3n) is 6.88. The topological polar surface area (TPSA) is 90.5 Å². The summed E-state index contributed by atoms with van der Waals surface area (Å²) in [5.74, 6) is -0.0297. The lowest BCUT2D eigenvalue weighted by atomic mass is 9.85. The molecule has 3 aliphatic heterocycles. The Balaban J connectivity index is 1.31. The van der Waals surface area contributed by atoms with Crippen LogP contribution in [0.3, 0.4) is 0 Å². The predicted molar refractivity (Wildman–Crippen MR) is 102 cm³/mol. The molecule has 1 saturated carbocycles. The number of nitrogens with zero attached hydrogens (tertiary/aromatic N) is 1. The average molecular weight is 382 g/mol. The maximum Gasteiger partial charge on any atom is 0.255 e. The quantitative estimate of drug-likeness (QED) is 0.666. The number of amides is 3. The molecule has 7 nitrogen and oxygen atoms in total. The summed E-state index contributed by atoms with van der Waals surface area (Å²) in [6, 6.07) is 6.51. The summed E-state index contributed by atoms with van der Waals surface area (Å²) in [6.07, 6.45) is 4.35. The van der Waals surface area contributed by atoms with Crippen molar-refractivity contribution in [3.63, 3.8) is 0 Å². The van der Waals surface area contributed by atoms with Gasteiger partial charge >= 0.3 is 0 Å². The van der Waals surface area contributed by atoms with E-state index in [2.05, 4.69) is 22.0 Å². The highest BCUT2D eigenvalue weighted by Gasteiger charge is 2.40. The van der Waals surface area contributed by atoms with E-state index < -0.39 is 6.04 Å². The number of benzene rings is 1. The minimum atomic E-state index is -0.557. The highest BCUT2D eigenvalue weighted by atomic mass is 16.2. The molecule has 2 saturated heterocycles. The highest BCUT2D eigenvalue weighted by molar-refractivity contribution is 6.05. The largest absolute Gasteiger partial charge is 0.322 e. The molecule has 5 rings (SSSR count). The number of hydrogen-bond acceptors (Lipinski definition) is 5. The molecule has 4 aliphatic rings. The first-order valence-electron chi connectivity index (χ1n) is 10.3. The van der Waals surface area contributed by atoms with Crippen molar-refractivity contribution in [2.75, 3.05) is 6.54 Å². The second kappa shape index (κ2) is 6.97. The second-order valence-corrected chi connectivity index (χ2v) is 8.51. The van der Waals surface area contributed by atoms with E-state index in [1.54, 1.807) is 4.90 Å². The van der Waals surface area contributed by atoms with Crippen molar-refractivity contribution < 1.29 is 14.4 Å². The maximum absolute atomic E-state index is 12.9. The van der Waals surface area contributed by atoms with Gasteiger partial charge in [0.2, 0.25) is 11.8 Å². The van der Waals surface area contributed by atoms with Crippen LogP contribution in [0, 0.1) is 5.92 Å². The Morgan fingerprint density at radius 1 is 1.14 bits per heavy atom. The lowest BCUT2D eigenvalue weighted by Gasteiger charge is -2.30. The average Bonchev–Trinajstić information content (AvgIpc) is 3.23. The third kappa shape index (κ3) is 3.02. The fourth-order valence-corrected chi connectivity index (χ4v) is 5.32. The van der Waals surface area contributed by atoms with Crippen LogP contribution in [0.4, 0.5) is 0 Å². The van der Waals surface area contributed by atoms with Crippen LogP contribution in [-0.2, 0) is 22.7 Å². The molecule has 1 aromatic carbocycles. The minimum absolute atomic E-state index is 0.105. The van der Waals surface area contributed by atoms with Gasteiger partial charge in [0.15, 0.2) is 0 Å². The molecule has 1 aliphatic carbocycles. The monoisotopic (exact) mass is 382 g/mol. The smallest absolute Gasteiger partial charge is 0.255 e. The lowest BCUT2D eigenvalue weighted by Crippen LogP contribution is -2.52. The van der Waals surface area contributed by atoms with E-state index in [0.29, 0.717) is 36.5 Å². The fourth-order valence-electron chi connectivity index (χ4n) is 5.32. The van der Waals surface area contributed by atoms with Gasteiger partial charge in [-0.3, -0.25) is 19.7 Å². The highest BCUT2D eigenvalue weighted by Crippen LogP contribution is 2.32. The molecule has 3 heterocycles. The molecular weight excluding hydrogens is 356 g/mol. The molecule has 0 radical (unpaired) electrons. The van der Waals surface area contributed by atoms with E-state index in [0.717, 1.165) is 24.2 Å². The van der Waals surface area contributed by atoms with E-state index in [1.165, 1.54) is 19.3 Å². The van der Waals surface area contributed by atoms with E-state index in [-0.39, 0.29) is 24.1 Å². The van der Waals surface area contributed by atoms with Crippen LogP contribution in [0.2, 0.25) is 0 Å². The second-order valence-electron chi connectivity index (χ2n) is 8.51. The van der Waals surface area contributed by atoms with Crippen molar-refractivity contribution in [2.45, 2.75) is 63.3 Å². The summed E-state index contributed by atoms with van der Waals surface area (Å²) in [6.45, 7) is 2.28. The van der Waals surface area contributed by atoms with Crippen molar-refractivity contribution >= 4 is 17.7 Å².